The molecule has 188 valence electrons. The summed E-state index contributed by atoms with van der Waals surface area (Å²) < 4.78 is 14.1. The molecule has 0 aliphatic heterocycles. The van der Waals surface area contributed by atoms with Crippen molar-refractivity contribution >= 4 is 33.5 Å². The lowest BCUT2D eigenvalue weighted by Gasteiger charge is -2.06. The number of nitrogens with one attached hydrogen (secondary N) is 3. The number of fused-ring (bicyclic) bond motifs is 2. The average molecular weight is 507 g/mol. The van der Waals surface area contributed by atoms with Gasteiger partial charge < -0.3 is 10.3 Å². The van der Waals surface area contributed by atoms with Crippen LogP contribution in [0.2, 0.25) is 0 Å². The highest BCUT2D eigenvalue weighted by molar-refractivity contribution is 5.97. The summed E-state index contributed by atoms with van der Waals surface area (Å²) >= 11 is 0. The van der Waals surface area contributed by atoms with Gasteiger partial charge in [-0.2, -0.15) is 5.10 Å². The van der Waals surface area contributed by atoms with Gasteiger partial charge in [-0.1, -0.05) is 6.92 Å². The van der Waals surface area contributed by atoms with E-state index in [4.69, 9.17) is 4.98 Å². The van der Waals surface area contributed by atoms with Gasteiger partial charge in [0, 0.05) is 35.3 Å². The normalized spacial score (nSPS) is 11.3. The maximum Gasteiger partial charge on any atom is 0.224 e. The highest BCUT2D eigenvalue weighted by atomic mass is 19.1. The number of carbonyl (C=O) groups is 1. The average Bonchev–Trinajstić information content (AvgIpc) is 3.52. The predicted octanol–water partition coefficient (Wildman–Crippen LogP) is 5.81. The van der Waals surface area contributed by atoms with E-state index in [1.165, 1.54) is 12.1 Å². The number of hydrogen-bond donors (Lipinski definition) is 3. The molecule has 0 aliphatic carbocycles. The lowest BCUT2D eigenvalue weighted by atomic mass is 10.1. The molecule has 0 atom stereocenters. The Bertz CT molecular complexity index is 1800. The summed E-state index contributed by atoms with van der Waals surface area (Å²) in [6, 6.07) is 10.4. The van der Waals surface area contributed by atoms with E-state index in [1.807, 2.05) is 38.1 Å². The molecule has 3 N–H and O–H groups in total. The summed E-state index contributed by atoms with van der Waals surface area (Å²) in [5, 5.41) is 11.2. The zero-order valence-corrected chi connectivity index (χ0v) is 20.7. The molecule has 5 aromatic heterocycles. The van der Waals surface area contributed by atoms with E-state index in [2.05, 4.69) is 35.5 Å². The predicted molar refractivity (Wildman–Crippen MR) is 144 cm³/mol. The first-order valence-electron chi connectivity index (χ1n) is 12.2. The third-order valence-corrected chi connectivity index (χ3v) is 6.18. The quantitative estimate of drug-likeness (QED) is 0.262. The number of benzene rings is 1. The third kappa shape index (κ3) is 4.36. The molecular weight excluding hydrogens is 483 g/mol. The topological polar surface area (TPSA) is 125 Å². The SMILES string of the molecule is CCCC(=O)Nc1cncc(-c2cc3c(-c4nc5c(-c6cc(C)cc(F)c6)nccc5[nH]4)n[nH]c3cn2)c1. The number of imidazole rings is 1. The third-order valence-electron chi connectivity index (χ3n) is 6.18. The largest absolute Gasteiger partial charge is 0.336 e. The van der Waals surface area contributed by atoms with Crippen LogP contribution in [0.1, 0.15) is 25.3 Å². The van der Waals surface area contributed by atoms with Crippen LogP contribution in [-0.4, -0.2) is 41.0 Å². The highest BCUT2D eigenvalue weighted by Crippen LogP contribution is 2.32. The molecule has 5 heterocycles. The van der Waals surface area contributed by atoms with Crippen molar-refractivity contribution in [2.75, 3.05) is 5.32 Å². The van der Waals surface area contributed by atoms with Crippen LogP contribution in [0.15, 0.2) is 61.2 Å². The maximum atomic E-state index is 14.1. The number of pyridine rings is 3. The van der Waals surface area contributed by atoms with Crippen LogP contribution in [0, 0.1) is 12.7 Å². The number of anilines is 1. The number of aromatic nitrogens is 7. The first kappa shape index (κ1) is 23.4. The summed E-state index contributed by atoms with van der Waals surface area (Å²) in [6.07, 6.45) is 7.89. The Kier molecular flexibility index (Phi) is 5.83. The van der Waals surface area contributed by atoms with Crippen molar-refractivity contribution in [3.05, 3.63) is 72.6 Å². The zero-order chi connectivity index (χ0) is 26.2. The molecule has 0 saturated carbocycles. The van der Waals surface area contributed by atoms with Gasteiger partial charge in [-0.05, 0) is 55.3 Å². The van der Waals surface area contributed by atoms with Gasteiger partial charge >= 0.3 is 0 Å². The van der Waals surface area contributed by atoms with Crippen LogP contribution in [0.5, 0.6) is 0 Å². The Morgan fingerprint density at radius 1 is 1.00 bits per heavy atom. The Hall–Kier alpha value is -4.99. The van der Waals surface area contributed by atoms with E-state index in [9.17, 15) is 9.18 Å². The molecule has 6 rings (SSSR count). The minimum Gasteiger partial charge on any atom is -0.336 e. The fourth-order valence-electron chi connectivity index (χ4n) is 4.49. The van der Waals surface area contributed by atoms with Gasteiger partial charge in [-0.3, -0.25) is 24.8 Å². The van der Waals surface area contributed by atoms with E-state index in [1.54, 1.807) is 24.8 Å². The molecule has 0 radical (unpaired) electrons. The van der Waals surface area contributed by atoms with Crippen molar-refractivity contribution in [3.63, 3.8) is 0 Å². The number of halogens is 1. The van der Waals surface area contributed by atoms with Crippen LogP contribution in [-0.2, 0) is 4.79 Å². The second kappa shape index (κ2) is 9.47. The maximum absolute atomic E-state index is 14.1. The number of aromatic amines is 2. The highest BCUT2D eigenvalue weighted by Gasteiger charge is 2.17. The van der Waals surface area contributed by atoms with E-state index in [-0.39, 0.29) is 11.7 Å². The molecule has 10 heteroatoms. The molecule has 9 nitrogen and oxygen atoms in total. The van der Waals surface area contributed by atoms with Gasteiger partial charge in [-0.15, -0.1) is 0 Å². The smallest absolute Gasteiger partial charge is 0.224 e. The van der Waals surface area contributed by atoms with Gasteiger partial charge in [0.1, 0.15) is 17.0 Å². The van der Waals surface area contributed by atoms with Crippen molar-refractivity contribution in [2.45, 2.75) is 26.7 Å². The fraction of sp³-hybridized carbons (Fsp3) is 0.143. The summed E-state index contributed by atoms with van der Waals surface area (Å²) in [5.41, 5.74) is 6.82. The fourth-order valence-corrected chi connectivity index (χ4v) is 4.49. The summed E-state index contributed by atoms with van der Waals surface area (Å²) in [7, 11) is 0. The van der Waals surface area contributed by atoms with Gasteiger partial charge in [0.15, 0.2) is 5.82 Å². The van der Waals surface area contributed by atoms with Crippen LogP contribution >= 0.6 is 0 Å². The van der Waals surface area contributed by atoms with Gasteiger partial charge in [0.2, 0.25) is 5.91 Å². The van der Waals surface area contributed by atoms with Crippen molar-refractivity contribution in [1.82, 2.24) is 35.1 Å². The second-order valence-corrected chi connectivity index (χ2v) is 9.11. The minimum atomic E-state index is -0.323. The first-order chi connectivity index (χ1) is 18.5. The van der Waals surface area contributed by atoms with Gasteiger partial charge in [0.25, 0.3) is 0 Å². The second-order valence-electron chi connectivity index (χ2n) is 9.11. The molecular formula is C28H23FN8O. The van der Waals surface area contributed by atoms with Crippen LogP contribution in [0.3, 0.4) is 0 Å². The molecule has 0 spiro atoms. The number of nitrogens with zero attached hydrogens (tertiary/aromatic N) is 5. The number of aryl methyl sites for hydroxylation is 1. The van der Waals surface area contributed by atoms with E-state index < -0.39 is 0 Å². The molecule has 38 heavy (non-hydrogen) atoms. The number of rotatable bonds is 6. The van der Waals surface area contributed by atoms with Crippen molar-refractivity contribution in [3.8, 4) is 34.0 Å². The first-order valence-corrected chi connectivity index (χ1v) is 12.2. The molecule has 1 amide bonds. The summed E-state index contributed by atoms with van der Waals surface area (Å²) in [6.45, 7) is 3.80. The van der Waals surface area contributed by atoms with Crippen LogP contribution in [0.25, 0.3) is 56.0 Å². The van der Waals surface area contributed by atoms with E-state index in [0.29, 0.717) is 46.1 Å². The monoisotopic (exact) mass is 506 g/mol. The molecule has 0 unspecified atom stereocenters. The Morgan fingerprint density at radius 3 is 2.74 bits per heavy atom. The number of H-pyrrole nitrogens is 2. The minimum absolute atomic E-state index is 0.0564. The van der Waals surface area contributed by atoms with E-state index >= 15 is 0 Å². The zero-order valence-electron chi connectivity index (χ0n) is 20.7. The van der Waals surface area contributed by atoms with Crippen LogP contribution < -0.4 is 5.32 Å². The lowest BCUT2D eigenvalue weighted by molar-refractivity contribution is -0.116. The number of hydrogen-bond acceptors (Lipinski definition) is 6. The lowest BCUT2D eigenvalue weighted by Crippen LogP contribution is -2.10. The standard InChI is InChI=1S/C28H23FN8O/c1-3-4-24(38)33-19-10-17(12-30-13-19)22-11-20-23(14-32-22)36-37-26(20)28-34-21-5-6-31-25(27(21)35-28)16-7-15(2)8-18(29)9-16/h5-14H,3-4H2,1-2H3,(H,33,38)(H,34,35)(H,36,37). The molecule has 6 aromatic rings. The van der Waals surface area contributed by atoms with Gasteiger partial charge in [-0.25, -0.2) is 9.37 Å². The number of carbonyl (C=O) groups excluding carboxylic acids is 1. The Morgan fingerprint density at radius 2 is 1.89 bits per heavy atom. The summed E-state index contributed by atoms with van der Waals surface area (Å²) in [5.74, 6) is 0.167. The Labute approximate surface area is 216 Å². The van der Waals surface area contributed by atoms with Gasteiger partial charge in [0.05, 0.1) is 40.5 Å². The summed E-state index contributed by atoms with van der Waals surface area (Å²) in [4.78, 5) is 33.5. The molecule has 0 aliphatic rings. The molecule has 1 aromatic carbocycles. The van der Waals surface area contributed by atoms with Crippen LogP contribution in [0.4, 0.5) is 10.1 Å². The molecule has 0 saturated heterocycles. The van der Waals surface area contributed by atoms with E-state index in [0.717, 1.165) is 34.0 Å². The van der Waals surface area contributed by atoms with Crippen molar-refractivity contribution < 1.29 is 9.18 Å². The van der Waals surface area contributed by atoms with Crippen molar-refractivity contribution in [1.29, 1.82) is 0 Å². The molecule has 0 fully saturated rings. The molecule has 0 bridgehead atoms. The number of amides is 1. The Balaban J connectivity index is 1.41. The van der Waals surface area contributed by atoms with Crippen molar-refractivity contribution in [2.24, 2.45) is 0 Å².